The molecule has 0 amide bonds. The standard InChI is InChI=1S/C18H28N6O5/c1-4-10(2)13(19)17(27)29-8-12(7-28-11(3)25)5-6-24-9-21-14-15(24)22-18(20)23-16(14)26/h9-10,12-13H,4-8,19H2,1-3H3,(H3,20,22,23,26)/t10-,12?,13-/m0/s1. The van der Waals surface area contributed by atoms with Crippen molar-refractivity contribution in [2.45, 2.75) is 46.2 Å². The number of ether oxygens (including phenoxy) is 2. The van der Waals surface area contributed by atoms with E-state index in [1.165, 1.54) is 13.3 Å². The van der Waals surface area contributed by atoms with Crippen LogP contribution in [0.2, 0.25) is 0 Å². The van der Waals surface area contributed by atoms with Crippen LogP contribution in [0.3, 0.4) is 0 Å². The maximum Gasteiger partial charge on any atom is 0.323 e. The van der Waals surface area contributed by atoms with Crippen molar-refractivity contribution in [3.8, 4) is 0 Å². The SMILES string of the molecule is CC[C@H](C)[C@H](N)C(=O)OCC(CCn1cnc2c(=O)[nH]c(N)nc21)COC(C)=O. The summed E-state index contributed by atoms with van der Waals surface area (Å²) in [5, 5.41) is 0. The Morgan fingerprint density at radius 3 is 2.66 bits per heavy atom. The van der Waals surface area contributed by atoms with Crippen LogP contribution in [0.4, 0.5) is 5.95 Å². The van der Waals surface area contributed by atoms with Crippen LogP contribution in [0.15, 0.2) is 11.1 Å². The van der Waals surface area contributed by atoms with Crippen LogP contribution in [0.25, 0.3) is 11.2 Å². The molecule has 11 nitrogen and oxygen atoms in total. The number of aromatic nitrogens is 4. The number of carbonyl (C=O) groups is 2. The Bertz CT molecular complexity index is 908. The van der Waals surface area contributed by atoms with Gasteiger partial charge < -0.3 is 25.5 Å². The van der Waals surface area contributed by atoms with E-state index in [0.717, 1.165) is 6.42 Å². The lowest BCUT2D eigenvalue weighted by Gasteiger charge is -2.20. The maximum absolute atomic E-state index is 12.1. The summed E-state index contributed by atoms with van der Waals surface area (Å²) in [6, 6.07) is -0.703. The molecule has 0 spiro atoms. The summed E-state index contributed by atoms with van der Waals surface area (Å²) in [5.74, 6) is -1.17. The Labute approximate surface area is 167 Å². The number of nitrogen functional groups attached to an aromatic ring is 1. The fourth-order valence-corrected chi connectivity index (χ4v) is 2.69. The molecule has 160 valence electrons. The number of carbonyl (C=O) groups excluding carboxylic acids is 2. The van der Waals surface area contributed by atoms with Crippen LogP contribution >= 0.6 is 0 Å². The highest BCUT2D eigenvalue weighted by atomic mass is 16.5. The summed E-state index contributed by atoms with van der Waals surface area (Å²) < 4.78 is 12.1. The molecule has 11 heteroatoms. The molecule has 0 aromatic carbocycles. The van der Waals surface area contributed by atoms with E-state index < -0.39 is 23.5 Å². The van der Waals surface area contributed by atoms with Gasteiger partial charge in [0.05, 0.1) is 19.5 Å². The number of hydrogen-bond donors (Lipinski definition) is 3. The van der Waals surface area contributed by atoms with E-state index in [0.29, 0.717) is 18.6 Å². The molecule has 0 aliphatic heterocycles. The van der Waals surface area contributed by atoms with Crippen molar-refractivity contribution in [3.05, 3.63) is 16.7 Å². The Kier molecular flexibility index (Phi) is 7.71. The van der Waals surface area contributed by atoms with Gasteiger partial charge in [-0.3, -0.25) is 19.4 Å². The van der Waals surface area contributed by atoms with Gasteiger partial charge in [0.25, 0.3) is 5.56 Å². The van der Waals surface area contributed by atoms with Crippen molar-refractivity contribution in [2.24, 2.45) is 17.6 Å². The number of nitrogens with two attached hydrogens (primary N) is 2. The Balaban J connectivity index is 2.04. The number of nitrogens with one attached hydrogen (secondary N) is 1. The summed E-state index contributed by atoms with van der Waals surface area (Å²) in [6.07, 6.45) is 2.73. The van der Waals surface area contributed by atoms with Gasteiger partial charge in [0.1, 0.15) is 6.04 Å². The molecule has 3 atom stereocenters. The summed E-state index contributed by atoms with van der Waals surface area (Å²) in [7, 11) is 0. The second kappa shape index (κ2) is 10.0. The van der Waals surface area contributed by atoms with Gasteiger partial charge in [0.15, 0.2) is 11.2 Å². The molecule has 2 aromatic heterocycles. The number of aryl methyl sites for hydroxylation is 1. The van der Waals surface area contributed by atoms with Crippen LogP contribution in [0.1, 0.15) is 33.6 Å². The van der Waals surface area contributed by atoms with E-state index in [1.807, 2.05) is 13.8 Å². The fraction of sp³-hybridized carbons (Fsp3) is 0.611. The average molecular weight is 408 g/mol. The molecular weight excluding hydrogens is 380 g/mol. The molecule has 29 heavy (non-hydrogen) atoms. The Morgan fingerprint density at radius 1 is 1.31 bits per heavy atom. The van der Waals surface area contributed by atoms with Gasteiger partial charge in [-0.15, -0.1) is 0 Å². The second-order valence-corrected chi connectivity index (χ2v) is 7.06. The van der Waals surface area contributed by atoms with E-state index in [9.17, 15) is 14.4 Å². The van der Waals surface area contributed by atoms with Gasteiger partial charge in [0.2, 0.25) is 5.95 Å². The predicted molar refractivity (Wildman–Crippen MR) is 106 cm³/mol. The molecule has 2 rings (SSSR count). The Hall–Kier alpha value is -2.95. The zero-order valence-electron chi connectivity index (χ0n) is 16.9. The molecule has 0 fully saturated rings. The van der Waals surface area contributed by atoms with Crippen LogP contribution in [0, 0.1) is 11.8 Å². The lowest BCUT2D eigenvalue weighted by molar-refractivity contribution is -0.150. The maximum atomic E-state index is 12.1. The minimum atomic E-state index is -0.703. The van der Waals surface area contributed by atoms with Crippen LogP contribution in [-0.2, 0) is 25.6 Å². The van der Waals surface area contributed by atoms with Gasteiger partial charge in [0, 0.05) is 19.4 Å². The van der Waals surface area contributed by atoms with Crippen molar-refractivity contribution < 1.29 is 19.1 Å². The highest BCUT2D eigenvalue weighted by Crippen LogP contribution is 2.13. The van der Waals surface area contributed by atoms with E-state index in [4.69, 9.17) is 20.9 Å². The first-order chi connectivity index (χ1) is 13.7. The number of aromatic amines is 1. The van der Waals surface area contributed by atoms with Gasteiger partial charge in [-0.1, -0.05) is 20.3 Å². The molecule has 5 N–H and O–H groups in total. The van der Waals surface area contributed by atoms with Crippen molar-refractivity contribution in [1.82, 2.24) is 19.5 Å². The summed E-state index contributed by atoms with van der Waals surface area (Å²) in [6.45, 7) is 5.69. The monoisotopic (exact) mass is 408 g/mol. The van der Waals surface area contributed by atoms with E-state index >= 15 is 0 Å². The van der Waals surface area contributed by atoms with Crippen molar-refractivity contribution in [2.75, 3.05) is 18.9 Å². The van der Waals surface area contributed by atoms with Crippen LogP contribution < -0.4 is 17.0 Å². The zero-order chi connectivity index (χ0) is 21.6. The summed E-state index contributed by atoms with van der Waals surface area (Å²) >= 11 is 0. The van der Waals surface area contributed by atoms with Gasteiger partial charge >= 0.3 is 11.9 Å². The second-order valence-electron chi connectivity index (χ2n) is 7.06. The van der Waals surface area contributed by atoms with Crippen LogP contribution in [0.5, 0.6) is 0 Å². The lowest BCUT2D eigenvalue weighted by atomic mass is 10.0. The summed E-state index contributed by atoms with van der Waals surface area (Å²) in [4.78, 5) is 45.7. The molecule has 0 radical (unpaired) electrons. The Morgan fingerprint density at radius 2 is 2.00 bits per heavy atom. The number of rotatable bonds is 10. The van der Waals surface area contributed by atoms with Crippen molar-refractivity contribution in [3.63, 3.8) is 0 Å². The molecule has 2 heterocycles. The molecule has 1 unspecified atom stereocenters. The first-order valence-corrected chi connectivity index (χ1v) is 9.49. The first kappa shape index (κ1) is 22.3. The zero-order valence-corrected chi connectivity index (χ0v) is 16.9. The topological polar surface area (TPSA) is 168 Å². The minimum Gasteiger partial charge on any atom is -0.465 e. The predicted octanol–water partition coefficient (Wildman–Crippen LogP) is 0.188. The normalized spacial score (nSPS) is 14.3. The van der Waals surface area contributed by atoms with E-state index in [2.05, 4.69) is 15.0 Å². The van der Waals surface area contributed by atoms with E-state index in [1.54, 1.807) is 4.57 Å². The highest BCUT2D eigenvalue weighted by molar-refractivity contribution is 5.75. The molecule has 0 aliphatic rings. The van der Waals surface area contributed by atoms with Crippen molar-refractivity contribution >= 4 is 29.1 Å². The number of anilines is 1. The van der Waals surface area contributed by atoms with Crippen molar-refractivity contribution in [1.29, 1.82) is 0 Å². The smallest absolute Gasteiger partial charge is 0.323 e. The average Bonchev–Trinajstić information content (AvgIpc) is 3.08. The molecular formula is C18H28N6O5. The van der Waals surface area contributed by atoms with Gasteiger partial charge in [-0.05, 0) is 12.3 Å². The molecule has 0 bridgehead atoms. The lowest BCUT2D eigenvalue weighted by Crippen LogP contribution is -2.39. The number of esters is 2. The van der Waals surface area contributed by atoms with E-state index in [-0.39, 0.29) is 36.5 Å². The highest BCUT2D eigenvalue weighted by Gasteiger charge is 2.23. The number of imidazole rings is 1. The van der Waals surface area contributed by atoms with Gasteiger partial charge in [-0.2, -0.15) is 4.98 Å². The molecule has 0 aliphatic carbocycles. The minimum absolute atomic E-state index is 0.00126. The largest absolute Gasteiger partial charge is 0.465 e. The third kappa shape index (κ3) is 6.01. The first-order valence-electron chi connectivity index (χ1n) is 9.49. The third-order valence-electron chi connectivity index (χ3n) is 4.78. The van der Waals surface area contributed by atoms with Gasteiger partial charge in [-0.25, -0.2) is 4.98 Å². The molecule has 0 saturated heterocycles. The number of H-pyrrole nitrogens is 1. The number of hydrogen-bond acceptors (Lipinski definition) is 9. The number of nitrogens with zero attached hydrogens (tertiary/aromatic N) is 3. The summed E-state index contributed by atoms with van der Waals surface area (Å²) in [5.41, 5.74) is 11.6. The number of fused-ring (bicyclic) bond motifs is 1. The molecule has 0 saturated carbocycles. The fourth-order valence-electron chi connectivity index (χ4n) is 2.69. The van der Waals surface area contributed by atoms with Crippen LogP contribution in [-0.4, -0.2) is 50.7 Å². The third-order valence-corrected chi connectivity index (χ3v) is 4.78. The quantitative estimate of drug-likeness (QED) is 0.464. The molecule has 2 aromatic rings.